The number of hydrogen-bond donors (Lipinski definition) is 0. The second-order valence-corrected chi connectivity index (χ2v) is 4.85. The Balaban J connectivity index is 1.89. The fraction of sp³-hybridized carbons (Fsp3) is 0.357. The Bertz CT molecular complexity index is 693. The summed E-state index contributed by atoms with van der Waals surface area (Å²) in [5, 5.41) is 17.0. The van der Waals surface area contributed by atoms with Gasteiger partial charge < -0.3 is 14.2 Å². The van der Waals surface area contributed by atoms with Gasteiger partial charge in [-0.25, -0.2) is 4.39 Å². The number of benzene rings is 1. The van der Waals surface area contributed by atoms with Crippen LogP contribution in [0.1, 0.15) is 17.5 Å². The summed E-state index contributed by atoms with van der Waals surface area (Å²) in [6.07, 6.45) is 1.36. The van der Waals surface area contributed by atoms with Gasteiger partial charge in [-0.15, -0.1) is 10.2 Å². The highest BCUT2D eigenvalue weighted by Gasteiger charge is 2.27. The summed E-state index contributed by atoms with van der Waals surface area (Å²) in [6, 6.07) is 6.59. The largest absolute Gasteiger partial charge is 0.367 e. The standard InChI is InChI=1S/C14H14FN5O/c1-19-9-17-18-14(19)13-8-20(5-6-21-13)12-4-2-3-11(15)10(12)7-16/h2-4,9,13H,5-6,8H2,1H3/t13-/m1/s1. The zero-order valence-electron chi connectivity index (χ0n) is 11.5. The lowest BCUT2D eigenvalue weighted by molar-refractivity contribution is 0.0321. The highest BCUT2D eigenvalue weighted by atomic mass is 19.1. The summed E-state index contributed by atoms with van der Waals surface area (Å²) in [5.74, 6) is 0.214. The Morgan fingerprint density at radius 2 is 2.33 bits per heavy atom. The fourth-order valence-electron chi connectivity index (χ4n) is 2.49. The number of nitriles is 1. The van der Waals surface area contributed by atoms with Crippen molar-refractivity contribution in [2.75, 3.05) is 24.6 Å². The van der Waals surface area contributed by atoms with Gasteiger partial charge in [-0.05, 0) is 12.1 Å². The average molecular weight is 287 g/mol. The van der Waals surface area contributed by atoms with Crippen LogP contribution in [-0.2, 0) is 11.8 Å². The van der Waals surface area contributed by atoms with Crippen molar-refractivity contribution < 1.29 is 9.13 Å². The zero-order valence-corrected chi connectivity index (χ0v) is 11.5. The van der Waals surface area contributed by atoms with Crippen molar-refractivity contribution in [1.29, 1.82) is 5.26 Å². The number of nitrogens with zero attached hydrogens (tertiary/aromatic N) is 5. The van der Waals surface area contributed by atoms with Gasteiger partial charge in [0.1, 0.15) is 29.9 Å². The van der Waals surface area contributed by atoms with E-state index in [1.165, 1.54) is 6.07 Å². The quantitative estimate of drug-likeness (QED) is 0.835. The van der Waals surface area contributed by atoms with Crippen molar-refractivity contribution in [3.63, 3.8) is 0 Å². The van der Waals surface area contributed by atoms with Gasteiger partial charge in [0.25, 0.3) is 0 Å². The molecule has 2 heterocycles. The van der Waals surface area contributed by atoms with E-state index in [1.54, 1.807) is 23.0 Å². The van der Waals surface area contributed by atoms with Gasteiger partial charge in [-0.3, -0.25) is 0 Å². The van der Waals surface area contributed by atoms with Crippen LogP contribution in [0.15, 0.2) is 24.5 Å². The lowest BCUT2D eigenvalue weighted by Gasteiger charge is -2.34. The van der Waals surface area contributed by atoms with Gasteiger partial charge in [0.15, 0.2) is 5.82 Å². The van der Waals surface area contributed by atoms with E-state index in [1.807, 2.05) is 18.0 Å². The molecule has 1 aliphatic heterocycles. The number of halogens is 1. The Morgan fingerprint density at radius 1 is 1.48 bits per heavy atom. The third-order valence-electron chi connectivity index (χ3n) is 3.54. The van der Waals surface area contributed by atoms with Gasteiger partial charge in [0.05, 0.1) is 18.8 Å². The molecular weight excluding hydrogens is 273 g/mol. The Hall–Kier alpha value is -2.46. The predicted octanol–water partition coefficient (Wildman–Crippen LogP) is 1.40. The molecule has 0 radical (unpaired) electrons. The molecule has 108 valence electrons. The Labute approximate surface area is 121 Å². The second-order valence-electron chi connectivity index (χ2n) is 4.85. The first-order valence-electron chi connectivity index (χ1n) is 6.59. The topological polar surface area (TPSA) is 67.0 Å². The SMILES string of the molecule is Cn1cnnc1[C@H]1CN(c2cccc(F)c2C#N)CCO1. The minimum atomic E-state index is -0.503. The molecule has 0 bridgehead atoms. The van der Waals surface area contributed by atoms with Gasteiger partial charge in [0, 0.05) is 13.6 Å². The van der Waals surface area contributed by atoms with Crippen LogP contribution in [-0.4, -0.2) is 34.5 Å². The van der Waals surface area contributed by atoms with E-state index in [0.29, 0.717) is 25.4 Å². The molecule has 0 spiro atoms. The van der Waals surface area contributed by atoms with Crippen LogP contribution in [0.5, 0.6) is 0 Å². The van der Waals surface area contributed by atoms with Crippen LogP contribution in [0.2, 0.25) is 0 Å². The van der Waals surface area contributed by atoms with E-state index in [-0.39, 0.29) is 11.7 Å². The molecule has 0 aliphatic carbocycles. The minimum Gasteiger partial charge on any atom is -0.367 e. The maximum atomic E-state index is 13.7. The van der Waals surface area contributed by atoms with Crippen LogP contribution in [0.25, 0.3) is 0 Å². The summed E-state index contributed by atoms with van der Waals surface area (Å²) < 4.78 is 21.2. The van der Waals surface area contributed by atoms with Crippen molar-refractivity contribution in [3.05, 3.63) is 41.7 Å². The van der Waals surface area contributed by atoms with Crippen LogP contribution < -0.4 is 4.90 Å². The molecule has 0 N–H and O–H groups in total. The summed E-state index contributed by atoms with van der Waals surface area (Å²) in [7, 11) is 1.85. The minimum absolute atomic E-state index is 0.0658. The highest BCUT2D eigenvalue weighted by molar-refractivity contribution is 5.60. The van der Waals surface area contributed by atoms with Crippen LogP contribution >= 0.6 is 0 Å². The average Bonchev–Trinajstić information content (AvgIpc) is 2.93. The van der Waals surface area contributed by atoms with Gasteiger partial charge >= 0.3 is 0 Å². The molecule has 1 saturated heterocycles. The number of aromatic nitrogens is 3. The summed E-state index contributed by atoms with van der Waals surface area (Å²) in [6.45, 7) is 1.59. The third-order valence-corrected chi connectivity index (χ3v) is 3.54. The van der Waals surface area contributed by atoms with E-state index < -0.39 is 5.82 Å². The molecule has 1 fully saturated rings. The van der Waals surface area contributed by atoms with Crippen molar-refractivity contribution in [3.8, 4) is 6.07 Å². The number of hydrogen-bond acceptors (Lipinski definition) is 5. The summed E-state index contributed by atoms with van der Waals surface area (Å²) in [5.41, 5.74) is 0.657. The smallest absolute Gasteiger partial charge is 0.163 e. The first-order valence-corrected chi connectivity index (χ1v) is 6.59. The monoisotopic (exact) mass is 287 g/mol. The van der Waals surface area contributed by atoms with Crippen LogP contribution in [0.3, 0.4) is 0 Å². The molecule has 0 unspecified atom stereocenters. The van der Waals surface area contributed by atoms with Crippen LogP contribution in [0.4, 0.5) is 10.1 Å². The number of rotatable bonds is 2. The van der Waals surface area contributed by atoms with E-state index in [2.05, 4.69) is 10.2 Å². The molecule has 1 aromatic heterocycles. The highest BCUT2D eigenvalue weighted by Crippen LogP contribution is 2.28. The molecule has 0 saturated carbocycles. The van der Waals surface area contributed by atoms with Crippen molar-refractivity contribution in [2.24, 2.45) is 7.05 Å². The van der Waals surface area contributed by atoms with Gasteiger partial charge in [0.2, 0.25) is 0 Å². The molecule has 2 aromatic rings. The molecule has 3 rings (SSSR count). The van der Waals surface area contributed by atoms with Gasteiger partial charge in [-0.2, -0.15) is 5.26 Å². The molecule has 1 aromatic carbocycles. The van der Waals surface area contributed by atoms with E-state index in [0.717, 1.165) is 5.82 Å². The molecular formula is C14H14FN5O. The molecule has 1 aliphatic rings. The maximum Gasteiger partial charge on any atom is 0.163 e. The molecule has 0 amide bonds. The second kappa shape index (κ2) is 5.50. The normalized spacial score (nSPS) is 18.5. The number of ether oxygens (including phenoxy) is 1. The molecule has 1 atom stereocenters. The van der Waals surface area contributed by atoms with Crippen molar-refractivity contribution in [1.82, 2.24) is 14.8 Å². The number of anilines is 1. The predicted molar refractivity (Wildman–Crippen MR) is 73.0 cm³/mol. The Kier molecular flexibility index (Phi) is 3.54. The van der Waals surface area contributed by atoms with Crippen LogP contribution in [0, 0.1) is 17.1 Å². The van der Waals surface area contributed by atoms with E-state index in [9.17, 15) is 4.39 Å². The molecule has 21 heavy (non-hydrogen) atoms. The Morgan fingerprint density at radius 3 is 3.05 bits per heavy atom. The van der Waals surface area contributed by atoms with Crippen molar-refractivity contribution in [2.45, 2.75) is 6.10 Å². The molecule has 6 nitrogen and oxygen atoms in total. The number of morpholine rings is 1. The fourth-order valence-corrected chi connectivity index (χ4v) is 2.49. The lowest BCUT2D eigenvalue weighted by atomic mass is 10.1. The summed E-state index contributed by atoms with van der Waals surface area (Å²) in [4.78, 5) is 1.95. The first-order chi connectivity index (χ1) is 10.2. The van der Waals surface area contributed by atoms with Gasteiger partial charge in [-0.1, -0.05) is 6.07 Å². The van der Waals surface area contributed by atoms with E-state index in [4.69, 9.17) is 10.00 Å². The number of aryl methyl sites for hydroxylation is 1. The maximum absolute atomic E-state index is 13.7. The zero-order chi connectivity index (χ0) is 14.8. The third kappa shape index (κ3) is 2.45. The lowest BCUT2D eigenvalue weighted by Crippen LogP contribution is -2.39. The van der Waals surface area contributed by atoms with E-state index >= 15 is 0 Å². The van der Waals surface area contributed by atoms with Crippen molar-refractivity contribution >= 4 is 5.69 Å². The molecule has 7 heteroatoms. The first kappa shape index (κ1) is 13.5. The summed E-state index contributed by atoms with van der Waals surface area (Å²) >= 11 is 0.